The van der Waals surface area contributed by atoms with Crippen LogP contribution in [0.4, 0.5) is 0 Å². The molecule has 0 aromatic rings. The molecule has 0 spiro atoms. The molecule has 0 radical (unpaired) electrons. The summed E-state index contributed by atoms with van der Waals surface area (Å²) >= 11 is 0. The second-order valence-electron chi connectivity index (χ2n) is 5.71. The zero-order valence-corrected chi connectivity index (χ0v) is 10.8. The summed E-state index contributed by atoms with van der Waals surface area (Å²) in [5, 5.41) is 9.22. The molecule has 1 aliphatic carbocycles. The first kappa shape index (κ1) is 13.5. The SMILES string of the molecule is CC(C)CCCN(C)CC1(C(=O)O)CCC1. The highest BCUT2D eigenvalue weighted by molar-refractivity contribution is 5.76. The van der Waals surface area contributed by atoms with E-state index in [1.807, 2.05) is 7.05 Å². The Balaban J connectivity index is 2.27. The molecule has 1 rings (SSSR count). The Morgan fingerprint density at radius 3 is 2.44 bits per heavy atom. The lowest BCUT2D eigenvalue weighted by atomic mass is 9.68. The molecule has 0 aliphatic heterocycles. The molecule has 1 N–H and O–H groups in total. The number of carboxylic acid groups (broad SMARTS) is 1. The van der Waals surface area contributed by atoms with Gasteiger partial charge in [-0.2, -0.15) is 0 Å². The van der Waals surface area contributed by atoms with E-state index < -0.39 is 11.4 Å². The van der Waals surface area contributed by atoms with Gasteiger partial charge in [-0.05, 0) is 45.2 Å². The molecule has 1 aliphatic rings. The van der Waals surface area contributed by atoms with Crippen LogP contribution in [0.15, 0.2) is 0 Å². The molecule has 3 nitrogen and oxygen atoms in total. The van der Waals surface area contributed by atoms with Gasteiger partial charge in [-0.3, -0.25) is 4.79 Å². The van der Waals surface area contributed by atoms with Crippen molar-refractivity contribution in [3.8, 4) is 0 Å². The summed E-state index contributed by atoms with van der Waals surface area (Å²) in [6, 6.07) is 0. The van der Waals surface area contributed by atoms with E-state index in [4.69, 9.17) is 0 Å². The molecular formula is C13H25NO2. The number of carboxylic acids is 1. The summed E-state index contributed by atoms with van der Waals surface area (Å²) in [4.78, 5) is 13.4. The summed E-state index contributed by atoms with van der Waals surface area (Å²) in [5.41, 5.74) is -0.424. The maximum atomic E-state index is 11.2. The Morgan fingerprint density at radius 1 is 1.44 bits per heavy atom. The van der Waals surface area contributed by atoms with Gasteiger partial charge in [-0.15, -0.1) is 0 Å². The van der Waals surface area contributed by atoms with Crippen molar-refractivity contribution >= 4 is 5.97 Å². The number of hydrogen-bond acceptors (Lipinski definition) is 2. The Morgan fingerprint density at radius 2 is 2.06 bits per heavy atom. The predicted molar refractivity (Wildman–Crippen MR) is 65.5 cm³/mol. The van der Waals surface area contributed by atoms with Crippen LogP contribution in [0, 0.1) is 11.3 Å². The van der Waals surface area contributed by atoms with Gasteiger partial charge in [0.1, 0.15) is 0 Å². The van der Waals surface area contributed by atoms with Gasteiger partial charge in [0.05, 0.1) is 5.41 Å². The molecule has 3 heteroatoms. The standard InChI is InChI=1S/C13H25NO2/c1-11(2)6-4-9-14(3)10-13(12(15)16)7-5-8-13/h11H,4-10H2,1-3H3,(H,15,16). The number of rotatable bonds is 7. The second-order valence-corrected chi connectivity index (χ2v) is 5.71. The van der Waals surface area contributed by atoms with Crippen molar-refractivity contribution in [1.29, 1.82) is 0 Å². The average Bonchev–Trinajstić information content (AvgIpc) is 2.10. The lowest BCUT2D eigenvalue weighted by Gasteiger charge is -2.40. The normalized spacial score (nSPS) is 18.8. The van der Waals surface area contributed by atoms with Crippen molar-refractivity contribution < 1.29 is 9.90 Å². The molecule has 0 saturated heterocycles. The number of aliphatic carboxylic acids is 1. The lowest BCUT2D eigenvalue weighted by Crippen LogP contribution is -2.46. The van der Waals surface area contributed by atoms with Gasteiger partial charge < -0.3 is 10.0 Å². The van der Waals surface area contributed by atoms with Crippen LogP contribution in [0.1, 0.15) is 46.0 Å². The fraction of sp³-hybridized carbons (Fsp3) is 0.923. The van der Waals surface area contributed by atoms with Crippen LogP contribution in [0.5, 0.6) is 0 Å². The third-order valence-corrected chi connectivity index (χ3v) is 3.66. The van der Waals surface area contributed by atoms with Crippen molar-refractivity contribution in [3.63, 3.8) is 0 Å². The van der Waals surface area contributed by atoms with Crippen LogP contribution in [-0.2, 0) is 4.79 Å². The van der Waals surface area contributed by atoms with Crippen molar-refractivity contribution in [2.75, 3.05) is 20.1 Å². The Hall–Kier alpha value is -0.570. The van der Waals surface area contributed by atoms with Gasteiger partial charge in [0.25, 0.3) is 0 Å². The third kappa shape index (κ3) is 3.48. The zero-order valence-electron chi connectivity index (χ0n) is 10.8. The molecule has 16 heavy (non-hydrogen) atoms. The average molecular weight is 227 g/mol. The van der Waals surface area contributed by atoms with Crippen LogP contribution in [0.3, 0.4) is 0 Å². The van der Waals surface area contributed by atoms with Crippen LogP contribution < -0.4 is 0 Å². The Labute approximate surface area is 98.8 Å². The highest BCUT2D eigenvalue weighted by Gasteiger charge is 2.44. The van der Waals surface area contributed by atoms with Gasteiger partial charge in [0.15, 0.2) is 0 Å². The van der Waals surface area contributed by atoms with Gasteiger partial charge in [0.2, 0.25) is 0 Å². The highest BCUT2D eigenvalue weighted by Crippen LogP contribution is 2.41. The monoisotopic (exact) mass is 227 g/mol. The summed E-state index contributed by atoms with van der Waals surface area (Å²) in [5.74, 6) is 0.139. The minimum absolute atomic E-state index is 0.424. The van der Waals surface area contributed by atoms with Crippen molar-refractivity contribution in [2.24, 2.45) is 11.3 Å². The Kier molecular flexibility index (Phi) is 4.78. The fourth-order valence-electron chi connectivity index (χ4n) is 2.41. The third-order valence-electron chi connectivity index (χ3n) is 3.66. The van der Waals surface area contributed by atoms with E-state index >= 15 is 0 Å². The van der Waals surface area contributed by atoms with E-state index in [0.29, 0.717) is 0 Å². The molecule has 0 atom stereocenters. The summed E-state index contributed by atoms with van der Waals surface area (Å²) in [7, 11) is 2.04. The number of hydrogen-bond donors (Lipinski definition) is 1. The predicted octanol–water partition coefficient (Wildman–Crippen LogP) is 2.61. The molecule has 0 aromatic carbocycles. The molecule has 0 amide bonds. The Bertz CT molecular complexity index is 234. The first-order valence-electron chi connectivity index (χ1n) is 6.38. The molecule has 94 valence electrons. The van der Waals surface area contributed by atoms with Crippen molar-refractivity contribution in [1.82, 2.24) is 4.90 Å². The molecule has 0 unspecified atom stereocenters. The number of carbonyl (C=O) groups is 1. The van der Waals surface area contributed by atoms with Gasteiger partial charge in [-0.25, -0.2) is 0 Å². The van der Waals surface area contributed by atoms with Crippen molar-refractivity contribution in [2.45, 2.75) is 46.0 Å². The summed E-state index contributed by atoms with van der Waals surface area (Å²) in [6.07, 6.45) is 5.19. The zero-order chi connectivity index (χ0) is 12.2. The molecule has 0 heterocycles. The molecule has 0 bridgehead atoms. The van der Waals surface area contributed by atoms with E-state index in [1.165, 1.54) is 12.8 Å². The first-order valence-corrected chi connectivity index (χ1v) is 6.38. The maximum Gasteiger partial charge on any atom is 0.310 e. The van der Waals surface area contributed by atoms with Crippen LogP contribution >= 0.6 is 0 Å². The van der Waals surface area contributed by atoms with E-state index in [2.05, 4.69) is 18.7 Å². The first-order chi connectivity index (χ1) is 7.46. The van der Waals surface area contributed by atoms with Gasteiger partial charge in [-0.1, -0.05) is 20.3 Å². The highest BCUT2D eigenvalue weighted by atomic mass is 16.4. The summed E-state index contributed by atoms with van der Waals surface area (Å²) in [6.45, 7) is 6.20. The van der Waals surface area contributed by atoms with Crippen LogP contribution in [-0.4, -0.2) is 36.1 Å². The fourth-order valence-corrected chi connectivity index (χ4v) is 2.41. The van der Waals surface area contributed by atoms with Crippen LogP contribution in [0.25, 0.3) is 0 Å². The molecule has 1 saturated carbocycles. The second kappa shape index (κ2) is 5.67. The smallest absolute Gasteiger partial charge is 0.310 e. The minimum atomic E-state index is -0.602. The van der Waals surface area contributed by atoms with E-state index in [0.717, 1.165) is 38.3 Å². The minimum Gasteiger partial charge on any atom is -0.481 e. The maximum absolute atomic E-state index is 11.2. The number of nitrogens with zero attached hydrogens (tertiary/aromatic N) is 1. The quantitative estimate of drug-likeness (QED) is 0.727. The lowest BCUT2D eigenvalue weighted by molar-refractivity contribution is -0.156. The van der Waals surface area contributed by atoms with E-state index in [-0.39, 0.29) is 0 Å². The molecular weight excluding hydrogens is 202 g/mol. The van der Waals surface area contributed by atoms with Gasteiger partial charge in [0, 0.05) is 6.54 Å². The molecule has 1 fully saturated rings. The van der Waals surface area contributed by atoms with Gasteiger partial charge >= 0.3 is 5.97 Å². The van der Waals surface area contributed by atoms with E-state index in [1.54, 1.807) is 0 Å². The van der Waals surface area contributed by atoms with E-state index in [9.17, 15) is 9.90 Å². The van der Waals surface area contributed by atoms with Crippen molar-refractivity contribution in [3.05, 3.63) is 0 Å². The topological polar surface area (TPSA) is 40.5 Å². The summed E-state index contributed by atoms with van der Waals surface area (Å²) < 4.78 is 0. The largest absolute Gasteiger partial charge is 0.481 e. The van der Waals surface area contributed by atoms with Crippen LogP contribution in [0.2, 0.25) is 0 Å². The molecule has 0 aromatic heterocycles.